The maximum absolute atomic E-state index is 12.3. The van der Waals surface area contributed by atoms with Gasteiger partial charge in [-0.1, -0.05) is 6.92 Å². The van der Waals surface area contributed by atoms with Crippen molar-refractivity contribution in [1.82, 2.24) is 10.3 Å². The second kappa shape index (κ2) is 7.24. The van der Waals surface area contributed by atoms with Crippen molar-refractivity contribution in [3.63, 3.8) is 0 Å². The molecule has 2 heterocycles. The fourth-order valence-electron chi connectivity index (χ4n) is 2.36. The average molecular weight is 277 g/mol. The Hall–Kier alpha value is -1.62. The smallest absolute Gasteiger partial charge is 0.253 e. The first-order valence-electron chi connectivity index (χ1n) is 7.30. The molecule has 1 amide bonds. The summed E-state index contributed by atoms with van der Waals surface area (Å²) in [5.41, 5.74) is 1.45. The van der Waals surface area contributed by atoms with Crippen molar-refractivity contribution in [2.45, 2.75) is 32.8 Å². The van der Waals surface area contributed by atoms with E-state index >= 15 is 0 Å². The number of carbonyl (C=O) groups is 1. The van der Waals surface area contributed by atoms with E-state index in [1.807, 2.05) is 0 Å². The van der Waals surface area contributed by atoms with E-state index in [4.69, 9.17) is 4.74 Å². The van der Waals surface area contributed by atoms with E-state index < -0.39 is 0 Å². The van der Waals surface area contributed by atoms with Crippen LogP contribution in [0.4, 0.5) is 5.69 Å². The number of hydrogen-bond acceptors (Lipinski definition) is 4. The number of nitrogens with one attached hydrogen (secondary N) is 2. The van der Waals surface area contributed by atoms with Gasteiger partial charge in [-0.05, 0) is 25.8 Å². The van der Waals surface area contributed by atoms with E-state index in [0.717, 1.165) is 31.7 Å². The highest BCUT2D eigenvalue weighted by Gasteiger charge is 2.24. The van der Waals surface area contributed by atoms with E-state index in [2.05, 4.69) is 29.5 Å². The zero-order valence-corrected chi connectivity index (χ0v) is 12.2. The minimum absolute atomic E-state index is 0.0508. The zero-order valence-electron chi connectivity index (χ0n) is 12.2. The normalized spacial score (nSPS) is 21.7. The fraction of sp³-hybridized carbons (Fsp3) is 0.600. The Bertz CT molecular complexity index is 450. The molecule has 1 aliphatic heterocycles. The lowest BCUT2D eigenvalue weighted by molar-refractivity contribution is 0.0908. The Morgan fingerprint density at radius 2 is 2.40 bits per heavy atom. The van der Waals surface area contributed by atoms with E-state index in [1.165, 1.54) is 0 Å². The molecule has 2 N–H and O–H groups in total. The highest BCUT2D eigenvalue weighted by molar-refractivity contribution is 5.99. The molecule has 1 fully saturated rings. The maximum Gasteiger partial charge on any atom is 0.253 e. The molecule has 0 aliphatic carbocycles. The molecule has 0 spiro atoms. The van der Waals surface area contributed by atoms with Crippen LogP contribution in [0.3, 0.4) is 0 Å². The molecule has 5 nitrogen and oxygen atoms in total. The first-order chi connectivity index (χ1) is 9.72. The summed E-state index contributed by atoms with van der Waals surface area (Å²) in [4.78, 5) is 16.3. The van der Waals surface area contributed by atoms with Gasteiger partial charge in [-0.3, -0.25) is 9.78 Å². The van der Waals surface area contributed by atoms with Crippen molar-refractivity contribution < 1.29 is 9.53 Å². The van der Waals surface area contributed by atoms with Gasteiger partial charge in [0.1, 0.15) is 0 Å². The van der Waals surface area contributed by atoms with Crippen LogP contribution in [0, 0.1) is 5.92 Å². The second-order valence-corrected chi connectivity index (χ2v) is 5.18. The van der Waals surface area contributed by atoms with Crippen molar-refractivity contribution >= 4 is 11.6 Å². The highest BCUT2D eigenvalue weighted by atomic mass is 16.5. The molecule has 1 aromatic heterocycles. The predicted octanol–water partition coefficient (Wildman–Crippen LogP) is 2.06. The van der Waals surface area contributed by atoms with E-state index in [-0.39, 0.29) is 12.0 Å². The zero-order chi connectivity index (χ0) is 14.4. The fourth-order valence-corrected chi connectivity index (χ4v) is 2.36. The van der Waals surface area contributed by atoms with Crippen LogP contribution >= 0.6 is 0 Å². The van der Waals surface area contributed by atoms with Crippen LogP contribution in [0.15, 0.2) is 18.5 Å². The van der Waals surface area contributed by atoms with Gasteiger partial charge in [0.15, 0.2) is 0 Å². The number of anilines is 1. The van der Waals surface area contributed by atoms with Gasteiger partial charge in [0.25, 0.3) is 5.91 Å². The summed E-state index contributed by atoms with van der Waals surface area (Å²) in [6, 6.07) is 1.75. The monoisotopic (exact) mass is 277 g/mol. The quantitative estimate of drug-likeness (QED) is 0.835. The van der Waals surface area contributed by atoms with Crippen molar-refractivity contribution in [2.75, 3.05) is 25.0 Å². The van der Waals surface area contributed by atoms with E-state index in [9.17, 15) is 4.79 Å². The summed E-state index contributed by atoms with van der Waals surface area (Å²) in [5, 5.41) is 6.23. The molecule has 20 heavy (non-hydrogen) atoms. The number of pyridine rings is 1. The lowest BCUT2D eigenvalue weighted by atomic mass is 10.0. The Labute approximate surface area is 120 Å². The Kier molecular flexibility index (Phi) is 5.35. The highest BCUT2D eigenvalue weighted by Crippen LogP contribution is 2.20. The van der Waals surface area contributed by atoms with Crippen molar-refractivity contribution in [3.05, 3.63) is 24.0 Å². The number of ether oxygens (including phenoxy) is 1. The molecular weight excluding hydrogens is 254 g/mol. The summed E-state index contributed by atoms with van der Waals surface area (Å²) >= 11 is 0. The molecular formula is C15H23N3O2. The largest absolute Gasteiger partial charge is 0.383 e. The van der Waals surface area contributed by atoms with Crippen LogP contribution in [-0.2, 0) is 4.74 Å². The standard InChI is InChI=1S/C15H23N3O2/c1-3-6-17-14-10-16-7-4-13(14)15(19)18-9-12-5-8-20-11(12)2/h4,7,10-12,17H,3,5-6,8-9H2,1-2H3,(H,18,19). The van der Waals surface area contributed by atoms with Gasteiger partial charge >= 0.3 is 0 Å². The van der Waals surface area contributed by atoms with E-state index in [1.54, 1.807) is 18.5 Å². The Morgan fingerprint density at radius 3 is 3.10 bits per heavy atom. The molecule has 2 atom stereocenters. The molecule has 0 bridgehead atoms. The number of carbonyl (C=O) groups excluding carboxylic acids is 1. The lowest BCUT2D eigenvalue weighted by Crippen LogP contribution is -2.32. The van der Waals surface area contributed by atoms with Gasteiger partial charge in [0.2, 0.25) is 0 Å². The first-order valence-corrected chi connectivity index (χ1v) is 7.30. The molecule has 5 heteroatoms. The summed E-state index contributed by atoms with van der Waals surface area (Å²) < 4.78 is 5.51. The van der Waals surface area contributed by atoms with Gasteiger partial charge in [-0.15, -0.1) is 0 Å². The van der Waals surface area contributed by atoms with Crippen LogP contribution in [0.1, 0.15) is 37.0 Å². The Balaban J connectivity index is 1.94. The molecule has 1 aliphatic rings. The third kappa shape index (κ3) is 3.70. The van der Waals surface area contributed by atoms with Gasteiger partial charge < -0.3 is 15.4 Å². The van der Waals surface area contributed by atoms with Gasteiger partial charge in [0.05, 0.1) is 23.6 Å². The summed E-state index contributed by atoms with van der Waals surface area (Å²) in [6.07, 6.45) is 5.59. The number of hydrogen-bond donors (Lipinski definition) is 2. The predicted molar refractivity (Wildman–Crippen MR) is 78.9 cm³/mol. The van der Waals surface area contributed by atoms with Crippen LogP contribution < -0.4 is 10.6 Å². The average Bonchev–Trinajstić information content (AvgIpc) is 2.88. The number of amides is 1. The molecule has 0 aromatic carbocycles. The second-order valence-electron chi connectivity index (χ2n) is 5.18. The number of aromatic nitrogens is 1. The van der Waals surface area contributed by atoms with Gasteiger partial charge in [0, 0.05) is 31.8 Å². The van der Waals surface area contributed by atoms with Crippen LogP contribution in [0.2, 0.25) is 0 Å². The summed E-state index contributed by atoms with van der Waals surface area (Å²) in [7, 11) is 0. The van der Waals surface area contributed by atoms with Crippen molar-refractivity contribution in [3.8, 4) is 0 Å². The molecule has 2 unspecified atom stereocenters. The molecule has 2 rings (SSSR count). The minimum Gasteiger partial charge on any atom is -0.383 e. The third-order valence-corrected chi connectivity index (χ3v) is 3.69. The van der Waals surface area contributed by atoms with Gasteiger partial charge in [-0.25, -0.2) is 0 Å². The SMILES string of the molecule is CCCNc1cnccc1C(=O)NCC1CCOC1C. The van der Waals surface area contributed by atoms with Crippen molar-refractivity contribution in [1.29, 1.82) is 0 Å². The maximum atomic E-state index is 12.3. The van der Waals surface area contributed by atoms with Crippen molar-refractivity contribution in [2.24, 2.45) is 5.92 Å². The molecule has 1 saturated heterocycles. The molecule has 110 valence electrons. The summed E-state index contributed by atoms with van der Waals surface area (Å²) in [5.74, 6) is 0.359. The summed E-state index contributed by atoms with van der Waals surface area (Å²) in [6.45, 7) is 6.43. The first kappa shape index (κ1) is 14.8. The van der Waals surface area contributed by atoms with Crippen LogP contribution in [-0.4, -0.2) is 36.7 Å². The Morgan fingerprint density at radius 1 is 1.55 bits per heavy atom. The molecule has 1 aromatic rings. The van der Waals surface area contributed by atoms with E-state index in [0.29, 0.717) is 18.0 Å². The number of nitrogens with zero attached hydrogens (tertiary/aromatic N) is 1. The third-order valence-electron chi connectivity index (χ3n) is 3.69. The van der Waals surface area contributed by atoms with Crippen LogP contribution in [0.5, 0.6) is 0 Å². The van der Waals surface area contributed by atoms with Gasteiger partial charge in [-0.2, -0.15) is 0 Å². The van der Waals surface area contributed by atoms with Crippen LogP contribution in [0.25, 0.3) is 0 Å². The molecule has 0 radical (unpaired) electrons. The topological polar surface area (TPSA) is 63.2 Å². The lowest BCUT2D eigenvalue weighted by Gasteiger charge is -2.16. The minimum atomic E-state index is -0.0508. The molecule has 0 saturated carbocycles. The number of rotatable bonds is 6.